The van der Waals surface area contributed by atoms with E-state index in [1.54, 1.807) is 36.4 Å². The van der Waals surface area contributed by atoms with Gasteiger partial charge in [0.15, 0.2) is 5.54 Å². The lowest BCUT2D eigenvalue weighted by Gasteiger charge is -2.34. The largest absolute Gasteiger partial charge is 0.386 e. The summed E-state index contributed by atoms with van der Waals surface area (Å²) in [5.41, 5.74) is 1.86. The Kier molecular flexibility index (Phi) is 9.33. The van der Waals surface area contributed by atoms with Crippen molar-refractivity contribution in [2.75, 3.05) is 27.3 Å². The molecule has 0 aromatic heterocycles. The van der Waals surface area contributed by atoms with E-state index < -0.39 is 29.4 Å². The van der Waals surface area contributed by atoms with Gasteiger partial charge in [-0.3, -0.25) is 19.6 Å². The number of ether oxygens (including phenoxy) is 1. The molecule has 0 radical (unpaired) electrons. The Labute approximate surface area is 198 Å². The smallest absolute Gasteiger partial charge is 0.278 e. The molecule has 9 nitrogen and oxygen atoms in total. The number of nitrogens with zero attached hydrogens (tertiary/aromatic N) is 1. The van der Waals surface area contributed by atoms with Crippen molar-refractivity contribution >= 4 is 17.7 Å². The van der Waals surface area contributed by atoms with E-state index in [9.17, 15) is 19.5 Å². The average Bonchev–Trinajstić information content (AvgIpc) is 2.88. The highest BCUT2D eigenvalue weighted by molar-refractivity contribution is 6.12. The van der Waals surface area contributed by atoms with E-state index in [-0.39, 0.29) is 12.2 Å². The number of aliphatic hydroxyl groups is 1. The van der Waals surface area contributed by atoms with Crippen LogP contribution in [0.5, 0.6) is 0 Å². The van der Waals surface area contributed by atoms with E-state index in [1.807, 2.05) is 6.92 Å². The molecule has 0 fully saturated rings. The van der Waals surface area contributed by atoms with Gasteiger partial charge in [0.05, 0.1) is 6.61 Å². The van der Waals surface area contributed by atoms with Gasteiger partial charge in [0.25, 0.3) is 17.7 Å². The molecule has 0 aliphatic rings. The van der Waals surface area contributed by atoms with Crippen molar-refractivity contribution in [2.45, 2.75) is 25.5 Å². The molecule has 0 bridgehead atoms. The number of hydrogen-bond donors (Lipinski definition) is 4. The van der Waals surface area contributed by atoms with Gasteiger partial charge in [-0.25, -0.2) is 5.48 Å². The van der Waals surface area contributed by atoms with Crippen molar-refractivity contribution in [3.05, 3.63) is 70.8 Å². The summed E-state index contributed by atoms with van der Waals surface area (Å²) in [6, 6.07) is 13.6. The second-order valence-electron chi connectivity index (χ2n) is 7.58. The number of carbonyl (C=O) groups excluding carboxylic acids is 3. The van der Waals surface area contributed by atoms with Gasteiger partial charge < -0.3 is 20.1 Å². The lowest BCUT2D eigenvalue weighted by Crippen LogP contribution is -2.64. The molecule has 34 heavy (non-hydrogen) atoms. The van der Waals surface area contributed by atoms with Crippen LogP contribution in [-0.4, -0.2) is 65.8 Å². The number of hydrogen-bond acceptors (Lipinski definition) is 6. The third-order valence-corrected chi connectivity index (χ3v) is 5.45. The van der Waals surface area contributed by atoms with Crippen LogP contribution >= 0.6 is 0 Å². The predicted octanol–water partition coefficient (Wildman–Crippen LogP) is 1.24. The van der Waals surface area contributed by atoms with Crippen molar-refractivity contribution in [3.63, 3.8) is 0 Å². The van der Waals surface area contributed by atoms with Gasteiger partial charge in [0.2, 0.25) is 0 Å². The summed E-state index contributed by atoms with van der Waals surface area (Å²) in [6.07, 6.45) is -0.695. The van der Waals surface area contributed by atoms with Crippen LogP contribution in [-0.2, 0) is 14.3 Å². The zero-order chi connectivity index (χ0) is 25.3. The van der Waals surface area contributed by atoms with Crippen LogP contribution < -0.4 is 10.8 Å². The zero-order valence-corrected chi connectivity index (χ0v) is 19.6. The fourth-order valence-electron chi connectivity index (χ4n) is 3.11. The summed E-state index contributed by atoms with van der Waals surface area (Å²) in [4.78, 5) is 38.3. The second kappa shape index (κ2) is 12.0. The summed E-state index contributed by atoms with van der Waals surface area (Å²) in [6.45, 7) is 3.86. The van der Waals surface area contributed by atoms with Crippen LogP contribution in [0.2, 0.25) is 0 Å². The van der Waals surface area contributed by atoms with Gasteiger partial charge >= 0.3 is 0 Å². The molecule has 0 heterocycles. The summed E-state index contributed by atoms with van der Waals surface area (Å²) in [7, 11) is 2.63. The zero-order valence-electron chi connectivity index (χ0n) is 19.6. The van der Waals surface area contributed by atoms with Crippen LogP contribution in [0.1, 0.15) is 47.0 Å². The van der Waals surface area contributed by atoms with Crippen LogP contribution in [0.3, 0.4) is 0 Å². The van der Waals surface area contributed by atoms with Crippen LogP contribution in [0.15, 0.2) is 48.5 Å². The minimum Gasteiger partial charge on any atom is -0.386 e. The monoisotopic (exact) mass is 467 g/mol. The van der Waals surface area contributed by atoms with Gasteiger partial charge in [0, 0.05) is 37.4 Å². The first kappa shape index (κ1) is 26.5. The fourth-order valence-corrected chi connectivity index (χ4v) is 3.11. The maximum Gasteiger partial charge on any atom is 0.278 e. The number of carbonyl (C=O) groups is 3. The fraction of sp³-hybridized carbons (Fsp3) is 0.320. The highest BCUT2D eigenvalue weighted by Gasteiger charge is 2.47. The molecule has 0 saturated heterocycles. The first-order valence-electron chi connectivity index (χ1n) is 10.6. The van der Waals surface area contributed by atoms with E-state index in [0.29, 0.717) is 12.2 Å². The Hall–Kier alpha value is -3.71. The maximum absolute atomic E-state index is 12.9. The molecule has 0 aliphatic carbocycles. The minimum atomic E-state index is -1.96. The number of nitrogens with one attached hydrogen (secondary N) is 2. The van der Waals surface area contributed by atoms with E-state index in [0.717, 1.165) is 16.0 Å². The normalized spacial score (nSPS) is 13.0. The lowest BCUT2D eigenvalue weighted by atomic mass is 9.96. The first-order chi connectivity index (χ1) is 16.2. The summed E-state index contributed by atoms with van der Waals surface area (Å²) in [5.74, 6) is 3.64. The number of aliphatic hydroxyl groups excluding tert-OH is 1. The molecule has 4 N–H and O–H groups in total. The molecule has 2 aromatic rings. The molecule has 9 heteroatoms. The van der Waals surface area contributed by atoms with Gasteiger partial charge in [-0.15, -0.1) is 0 Å². The molecule has 0 unspecified atom stereocenters. The van der Waals surface area contributed by atoms with Crippen molar-refractivity contribution in [2.24, 2.45) is 0 Å². The molecule has 2 atom stereocenters. The Bertz CT molecular complexity index is 1050. The van der Waals surface area contributed by atoms with E-state index in [4.69, 9.17) is 9.94 Å². The van der Waals surface area contributed by atoms with E-state index >= 15 is 0 Å². The molecule has 2 rings (SSSR count). The van der Waals surface area contributed by atoms with E-state index in [2.05, 4.69) is 17.2 Å². The van der Waals surface area contributed by atoms with E-state index in [1.165, 1.54) is 38.6 Å². The van der Waals surface area contributed by atoms with Gasteiger partial charge in [-0.2, -0.15) is 0 Å². The van der Waals surface area contributed by atoms with Gasteiger partial charge in [0.1, 0.15) is 6.10 Å². The van der Waals surface area contributed by atoms with Crippen LogP contribution in [0, 0.1) is 11.8 Å². The molecule has 3 amide bonds. The number of amides is 3. The summed E-state index contributed by atoms with van der Waals surface area (Å²) in [5, 5.41) is 21.4. The maximum atomic E-state index is 12.9. The van der Waals surface area contributed by atoms with Crippen molar-refractivity contribution in [1.29, 1.82) is 0 Å². The van der Waals surface area contributed by atoms with Gasteiger partial charge in [-0.1, -0.05) is 24.0 Å². The molecule has 0 saturated carbocycles. The number of hydroxylamine groups is 1. The van der Waals surface area contributed by atoms with Crippen LogP contribution in [0.25, 0.3) is 0 Å². The SMILES string of the molecule is CCOC[C@@H](O)c1ccc(C#Cc2ccc(C(=O)N(C)[C@@](C)(C(=O)NC)C(=O)NO)cc2)cc1. The third kappa shape index (κ3) is 5.99. The number of rotatable bonds is 8. The predicted molar refractivity (Wildman–Crippen MR) is 125 cm³/mol. The highest BCUT2D eigenvalue weighted by Crippen LogP contribution is 2.18. The van der Waals surface area contributed by atoms with Gasteiger partial charge in [-0.05, 0) is 55.8 Å². The van der Waals surface area contributed by atoms with Crippen molar-refractivity contribution in [3.8, 4) is 11.8 Å². The first-order valence-corrected chi connectivity index (χ1v) is 10.6. The Morgan fingerprint density at radius 2 is 1.56 bits per heavy atom. The lowest BCUT2D eigenvalue weighted by molar-refractivity contribution is -0.148. The Morgan fingerprint density at radius 1 is 1.03 bits per heavy atom. The summed E-state index contributed by atoms with van der Waals surface area (Å²) < 4.78 is 5.22. The molecule has 0 spiro atoms. The quantitative estimate of drug-likeness (QED) is 0.200. The standard InChI is InChI=1S/C25H29N3O6/c1-5-34-16-21(29)19-12-8-17(9-13-19)6-7-18-10-14-20(15-11-18)22(30)28(4)25(2,23(31)26-3)24(32)27-33/h8-15,21,29,33H,5,16H2,1-4H3,(H,26,31)(H,27,32)/t21-,25+/m1/s1. The topological polar surface area (TPSA) is 128 Å². The number of likely N-dealkylation sites (N-methyl/N-ethyl adjacent to an activating group) is 2. The Morgan fingerprint density at radius 3 is 2.03 bits per heavy atom. The highest BCUT2D eigenvalue weighted by atomic mass is 16.5. The molecule has 2 aromatic carbocycles. The molecular weight excluding hydrogens is 438 g/mol. The Balaban J connectivity index is 2.15. The van der Waals surface area contributed by atoms with Crippen molar-refractivity contribution in [1.82, 2.24) is 15.7 Å². The second-order valence-corrected chi connectivity index (χ2v) is 7.58. The average molecular weight is 468 g/mol. The molecular formula is C25H29N3O6. The van der Waals surface area contributed by atoms with Crippen LogP contribution in [0.4, 0.5) is 0 Å². The van der Waals surface area contributed by atoms with Crippen molar-refractivity contribution < 1.29 is 29.4 Å². The molecule has 0 aliphatic heterocycles. The summed E-state index contributed by atoms with van der Waals surface area (Å²) >= 11 is 0. The number of benzene rings is 2. The molecule has 180 valence electrons. The minimum absolute atomic E-state index is 0.231. The third-order valence-electron chi connectivity index (χ3n) is 5.45.